The number of unbranched alkanes of at least 4 members (excludes halogenated alkanes) is 1. The van der Waals surface area contributed by atoms with Gasteiger partial charge in [-0.05, 0) is 68.5 Å². The van der Waals surface area contributed by atoms with Crippen LogP contribution in [0.25, 0.3) is 0 Å². The molecule has 1 aromatic rings. The predicted molar refractivity (Wildman–Crippen MR) is 64.5 cm³/mol. The molecule has 15 heavy (non-hydrogen) atoms. The molecule has 0 aliphatic heterocycles. The van der Waals surface area contributed by atoms with Crippen LogP contribution in [0.4, 0.5) is 0 Å². The maximum Gasteiger partial charge on any atom is 0.119 e. The minimum absolute atomic E-state index is 0.786. The van der Waals surface area contributed by atoms with Gasteiger partial charge in [0.2, 0.25) is 0 Å². The Bertz CT molecular complexity index is 297. The quantitative estimate of drug-likeness (QED) is 0.753. The fraction of sp³-hybridized carbons (Fsp3) is 0.538. The SMILES string of the molecule is COc1cc(C)c(CCCCN)c(C)c1. The lowest BCUT2D eigenvalue weighted by molar-refractivity contribution is 0.414. The lowest BCUT2D eigenvalue weighted by atomic mass is 9.97. The van der Waals surface area contributed by atoms with E-state index in [4.69, 9.17) is 10.5 Å². The largest absolute Gasteiger partial charge is 0.497 e. The van der Waals surface area contributed by atoms with E-state index in [-0.39, 0.29) is 0 Å². The summed E-state index contributed by atoms with van der Waals surface area (Å²) in [4.78, 5) is 0. The van der Waals surface area contributed by atoms with Crippen molar-refractivity contribution in [2.45, 2.75) is 33.1 Å². The van der Waals surface area contributed by atoms with Gasteiger partial charge < -0.3 is 10.5 Å². The Morgan fingerprint density at radius 2 is 1.73 bits per heavy atom. The Morgan fingerprint density at radius 3 is 2.20 bits per heavy atom. The summed E-state index contributed by atoms with van der Waals surface area (Å²) < 4.78 is 5.24. The van der Waals surface area contributed by atoms with Crippen LogP contribution in [0.5, 0.6) is 5.75 Å². The Kier molecular flexibility index (Phi) is 4.63. The van der Waals surface area contributed by atoms with E-state index in [9.17, 15) is 0 Å². The molecule has 0 aromatic heterocycles. The molecule has 0 radical (unpaired) electrons. The average Bonchev–Trinajstić information content (AvgIpc) is 2.22. The van der Waals surface area contributed by atoms with Gasteiger partial charge in [0.15, 0.2) is 0 Å². The number of hydrogen-bond donors (Lipinski definition) is 1. The summed E-state index contributed by atoms with van der Waals surface area (Å²) in [6, 6.07) is 4.20. The van der Waals surface area contributed by atoms with Crippen molar-refractivity contribution >= 4 is 0 Å². The van der Waals surface area contributed by atoms with Crippen LogP contribution < -0.4 is 10.5 Å². The van der Waals surface area contributed by atoms with Crippen molar-refractivity contribution in [3.05, 3.63) is 28.8 Å². The van der Waals surface area contributed by atoms with Crippen LogP contribution in [-0.2, 0) is 6.42 Å². The van der Waals surface area contributed by atoms with E-state index in [1.54, 1.807) is 7.11 Å². The number of methoxy groups -OCH3 is 1. The number of ether oxygens (including phenoxy) is 1. The zero-order chi connectivity index (χ0) is 11.3. The fourth-order valence-corrected chi connectivity index (χ4v) is 1.91. The van der Waals surface area contributed by atoms with Gasteiger partial charge in [-0.1, -0.05) is 0 Å². The van der Waals surface area contributed by atoms with Crippen LogP contribution >= 0.6 is 0 Å². The summed E-state index contributed by atoms with van der Waals surface area (Å²) in [5.41, 5.74) is 9.59. The maximum atomic E-state index is 5.49. The minimum atomic E-state index is 0.786. The average molecular weight is 207 g/mol. The lowest BCUT2D eigenvalue weighted by Gasteiger charge is -2.11. The topological polar surface area (TPSA) is 35.2 Å². The minimum Gasteiger partial charge on any atom is -0.497 e. The zero-order valence-corrected chi connectivity index (χ0v) is 9.97. The van der Waals surface area contributed by atoms with Crippen LogP contribution in [-0.4, -0.2) is 13.7 Å². The van der Waals surface area contributed by atoms with E-state index in [1.807, 2.05) is 0 Å². The molecule has 2 nitrogen and oxygen atoms in total. The molecule has 1 aromatic carbocycles. The van der Waals surface area contributed by atoms with Crippen LogP contribution in [0.2, 0.25) is 0 Å². The maximum absolute atomic E-state index is 5.49. The predicted octanol–water partition coefficient (Wildman–Crippen LogP) is 2.59. The van der Waals surface area contributed by atoms with Gasteiger partial charge in [-0.25, -0.2) is 0 Å². The van der Waals surface area contributed by atoms with Crippen LogP contribution in [0.3, 0.4) is 0 Å². The van der Waals surface area contributed by atoms with Gasteiger partial charge >= 0.3 is 0 Å². The third kappa shape index (κ3) is 3.24. The Labute approximate surface area is 92.4 Å². The van der Waals surface area contributed by atoms with Crippen molar-refractivity contribution in [2.75, 3.05) is 13.7 Å². The van der Waals surface area contributed by atoms with Gasteiger partial charge in [0.25, 0.3) is 0 Å². The summed E-state index contributed by atoms with van der Waals surface area (Å²) in [7, 11) is 1.71. The first-order valence-electron chi connectivity index (χ1n) is 5.53. The molecule has 2 N–H and O–H groups in total. The van der Waals surface area contributed by atoms with Crippen molar-refractivity contribution in [3.8, 4) is 5.75 Å². The first-order valence-corrected chi connectivity index (χ1v) is 5.53. The second kappa shape index (κ2) is 5.76. The van der Waals surface area contributed by atoms with Crippen LogP contribution in [0.15, 0.2) is 12.1 Å². The molecular weight excluding hydrogens is 186 g/mol. The molecule has 0 aliphatic rings. The van der Waals surface area contributed by atoms with E-state index in [1.165, 1.54) is 23.1 Å². The molecule has 0 heterocycles. The summed E-state index contributed by atoms with van der Waals surface area (Å²) in [5, 5.41) is 0. The molecule has 0 atom stereocenters. The van der Waals surface area contributed by atoms with E-state index in [2.05, 4.69) is 26.0 Å². The van der Waals surface area contributed by atoms with Gasteiger partial charge in [-0.15, -0.1) is 0 Å². The van der Waals surface area contributed by atoms with Gasteiger partial charge in [0.05, 0.1) is 7.11 Å². The van der Waals surface area contributed by atoms with Crippen molar-refractivity contribution < 1.29 is 4.74 Å². The van der Waals surface area contributed by atoms with E-state index < -0.39 is 0 Å². The molecule has 2 heteroatoms. The third-order valence-electron chi connectivity index (χ3n) is 2.79. The molecular formula is C13H21NO. The van der Waals surface area contributed by atoms with Crippen LogP contribution in [0, 0.1) is 13.8 Å². The number of benzene rings is 1. The molecule has 0 amide bonds. The number of hydrogen-bond acceptors (Lipinski definition) is 2. The van der Waals surface area contributed by atoms with Gasteiger partial charge in [0, 0.05) is 0 Å². The molecule has 84 valence electrons. The molecule has 0 spiro atoms. The van der Waals surface area contributed by atoms with E-state index >= 15 is 0 Å². The first-order chi connectivity index (χ1) is 7.19. The third-order valence-corrected chi connectivity index (χ3v) is 2.79. The van der Waals surface area contributed by atoms with Crippen molar-refractivity contribution in [2.24, 2.45) is 5.73 Å². The van der Waals surface area contributed by atoms with E-state index in [0.29, 0.717) is 0 Å². The molecule has 0 saturated carbocycles. The van der Waals surface area contributed by atoms with Crippen molar-refractivity contribution in [3.63, 3.8) is 0 Å². The fourth-order valence-electron chi connectivity index (χ4n) is 1.91. The lowest BCUT2D eigenvalue weighted by Crippen LogP contribution is -2.01. The first kappa shape index (κ1) is 12.1. The summed E-state index contributed by atoms with van der Waals surface area (Å²) in [5.74, 6) is 0.951. The molecule has 0 fully saturated rings. The Hall–Kier alpha value is -1.02. The second-order valence-corrected chi connectivity index (χ2v) is 3.99. The molecule has 0 bridgehead atoms. The van der Waals surface area contributed by atoms with Crippen molar-refractivity contribution in [1.29, 1.82) is 0 Å². The zero-order valence-electron chi connectivity index (χ0n) is 9.97. The highest BCUT2D eigenvalue weighted by molar-refractivity contribution is 5.41. The highest BCUT2D eigenvalue weighted by atomic mass is 16.5. The molecule has 0 unspecified atom stereocenters. The number of aryl methyl sites for hydroxylation is 2. The number of rotatable bonds is 5. The molecule has 0 saturated heterocycles. The standard InChI is InChI=1S/C13H21NO/c1-10-8-12(15-3)9-11(2)13(10)6-4-5-7-14/h8-9H,4-7,14H2,1-3H3. The summed E-state index contributed by atoms with van der Waals surface area (Å²) in [6.45, 7) is 5.08. The van der Waals surface area contributed by atoms with E-state index in [0.717, 1.165) is 25.1 Å². The van der Waals surface area contributed by atoms with Gasteiger partial charge in [-0.2, -0.15) is 0 Å². The summed E-state index contributed by atoms with van der Waals surface area (Å²) >= 11 is 0. The highest BCUT2D eigenvalue weighted by Crippen LogP contribution is 2.22. The summed E-state index contributed by atoms with van der Waals surface area (Å²) in [6.07, 6.45) is 3.40. The Balaban J connectivity index is 2.79. The van der Waals surface area contributed by atoms with Crippen LogP contribution in [0.1, 0.15) is 29.5 Å². The van der Waals surface area contributed by atoms with Gasteiger partial charge in [0.1, 0.15) is 5.75 Å². The highest BCUT2D eigenvalue weighted by Gasteiger charge is 2.04. The smallest absolute Gasteiger partial charge is 0.119 e. The van der Waals surface area contributed by atoms with Gasteiger partial charge in [-0.3, -0.25) is 0 Å². The molecule has 1 rings (SSSR count). The van der Waals surface area contributed by atoms with Crippen molar-refractivity contribution in [1.82, 2.24) is 0 Å². The second-order valence-electron chi connectivity index (χ2n) is 3.99. The monoisotopic (exact) mass is 207 g/mol. The Morgan fingerprint density at radius 1 is 1.13 bits per heavy atom. The molecule has 0 aliphatic carbocycles. The number of nitrogens with two attached hydrogens (primary N) is 1. The normalized spacial score (nSPS) is 10.4.